The molecule has 19 heavy (non-hydrogen) atoms. The Balaban J connectivity index is 1.62. The summed E-state index contributed by atoms with van der Waals surface area (Å²) in [7, 11) is 1.89. The summed E-state index contributed by atoms with van der Waals surface area (Å²) in [6, 6.07) is -0.0717. The van der Waals surface area contributed by atoms with E-state index in [0.29, 0.717) is 6.54 Å². The molecule has 0 saturated carbocycles. The van der Waals surface area contributed by atoms with E-state index in [1.807, 2.05) is 31.2 Å². The summed E-state index contributed by atoms with van der Waals surface area (Å²) in [6.45, 7) is 3.61. The summed E-state index contributed by atoms with van der Waals surface area (Å²) in [5.41, 5.74) is 1.14. The summed E-state index contributed by atoms with van der Waals surface area (Å²) in [4.78, 5) is 11.7. The third-order valence-electron chi connectivity index (χ3n) is 3.38. The average Bonchev–Trinajstić information content (AvgIpc) is 2.97. The molecule has 1 atom stereocenters. The first-order valence-corrected chi connectivity index (χ1v) is 7.69. The molecule has 2 N–H and O–H groups in total. The summed E-state index contributed by atoms with van der Waals surface area (Å²) in [5.74, 6) is 1.21. The van der Waals surface area contributed by atoms with Crippen LogP contribution in [0.1, 0.15) is 25.3 Å². The van der Waals surface area contributed by atoms with Crippen LogP contribution in [0.3, 0.4) is 0 Å². The van der Waals surface area contributed by atoms with Crippen LogP contribution in [-0.2, 0) is 13.5 Å². The van der Waals surface area contributed by atoms with Crippen molar-refractivity contribution in [1.82, 2.24) is 20.4 Å². The minimum atomic E-state index is -0.0717. The van der Waals surface area contributed by atoms with E-state index in [2.05, 4.69) is 22.7 Å². The van der Waals surface area contributed by atoms with Crippen LogP contribution in [0.4, 0.5) is 4.79 Å². The molecule has 2 heterocycles. The highest BCUT2D eigenvalue weighted by Crippen LogP contribution is 2.36. The average molecular weight is 282 g/mol. The van der Waals surface area contributed by atoms with Gasteiger partial charge in [0.1, 0.15) is 0 Å². The van der Waals surface area contributed by atoms with Gasteiger partial charge in [-0.1, -0.05) is 0 Å². The second kappa shape index (κ2) is 6.32. The molecule has 1 unspecified atom stereocenters. The highest BCUT2D eigenvalue weighted by molar-refractivity contribution is 8.00. The smallest absolute Gasteiger partial charge is 0.314 e. The molecule has 0 bridgehead atoms. The summed E-state index contributed by atoms with van der Waals surface area (Å²) in [6.07, 6.45) is 7.05. The molecular formula is C13H22N4OS. The van der Waals surface area contributed by atoms with Crippen LogP contribution < -0.4 is 10.6 Å². The van der Waals surface area contributed by atoms with E-state index < -0.39 is 0 Å². The van der Waals surface area contributed by atoms with Gasteiger partial charge in [-0.05, 0) is 37.5 Å². The lowest BCUT2D eigenvalue weighted by Crippen LogP contribution is -2.43. The molecule has 106 valence electrons. The number of amides is 2. The van der Waals surface area contributed by atoms with Crippen molar-refractivity contribution in [2.45, 2.75) is 30.9 Å². The van der Waals surface area contributed by atoms with E-state index in [4.69, 9.17) is 0 Å². The number of nitrogens with zero attached hydrogens (tertiary/aromatic N) is 2. The number of hydrogen-bond acceptors (Lipinski definition) is 3. The zero-order valence-corrected chi connectivity index (χ0v) is 12.4. The van der Waals surface area contributed by atoms with Gasteiger partial charge in [-0.15, -0.1) is 0 Å². The number of thioether (sulfide) groups is 1. The minimum Gasteiger partial charge on any atom is -0.338 e. The van der Waals surface area contributed by atoms with E-state index in [1.165, 1.54) is 18.6 Å². The lowest BCUT2D eigenvalue weighted by atomic mass is 10.1. The molecular weight excluding hydrogens is 260 g/mol. The van der Waals surface area contributed by atoms with Crippen LogP contribution in [0.25, 0.3) is 0 Å². The quantitative estimate of drug-likeness (QED) is 0.861. The van der Waals surface area contributed by atoms with Crippen LogP contribution in [0.5, 0.6) is 0 Å². The topological polar surface area (TPSA) is 59.0 Å². The van der Waals surface area contributed by atoms with Crippen molar-refractivity contribution in [3.63, 3.8) is 0 Å². The minimum absolute atomic E-state index is 0.0717. The Morgan fingerprint density at radius 1 is 1.58 bits per heavy atom. The number of aromatic nitrogens is 2. The monoisotopic (exact) mass is 282 g/mol. The van der Waals surface area contributed by atoms with Crippen molar-refractivity contribution in [1.29, 1.82) is 0 Å². The van der Waals surface area contributed by atoms with Gasteiger partial charge < -0.3 is 10.6 Å². The maximum absolute atomic E-state index is 11.7. The fourth-order valence-corrected chi connectivity index (χ4v) is 3.47. The third kappa shape index (κ3) is 4.45. The van der Waals surface area contributed by atoms with Crippen molar-refractivity contribution in [2.24, 2.45) is 7.05 Å². The lowest BCUT2D eigenvalue weighted by molar-refractivity contribution is 0.240. The second-order valence-electron chi connectivity index (χ2n) is 5.28. The van der Waals surface area contributed by atoms with E-state index in [-0.39, 0.29) is 10.8 Å². The summed E-state index contributed by atoms with van der Waals surface area (Å²) in [5, 5.41) is 9.95. The summed E-state index contributed by atoms with van der Waals surface area (Å²) >= 11 is 1.96. The SMILES string of the molecule is Cn1cc(CCNC(=O)NCC2(C)CCCS2)cn1. The largest absolute Gasteiger partial charge is 0.338 e. The fourth-order valence-electron chi connectivity index (χ4n) is 2.23. The van der Waals surface area contributed by atoms with Crippen LogP contribution in [-0.4, -0.2) is 39.4 Å². The van der Waals surface area contributed by atoms with Gasteiger partial charge >= 0.3 is 6.03 Å². The Labute approximate surface area is 118 Å². The highest BCUT2D eigenvalue weighted by Gasteiger charge is 2.29. The van der Waals surface area contributed by atoms with Crippen LogP contribution in [0.15, 0.2) is 12.4 Å². The van der Waals surface area contributed by atoms with Crippen molar-refractivity contribution < 1.29 is 4.79 Å². The number of rotatable bonds is 5. The standard InChI is InChI=1S/C13H22N4OS/c1-13(5-3-7-19-13)10-15-12(18)14-6-4-11-8-16-17(2)9-11/h8-9H,3-7,10H2,1-2H3,(H2,14,15,18). The first-order chi connectivity index (χ1) is 9.07. The fraction of sp³-hybridized carbons (Fsp3) is 0.692. The van der Waals surface area contributed by atoms with E-state index in [9.17, 15) is 4.79 Å². The van der Waals surface area contributed by atoms with Crippen molar-refractivity contribution in [2.75, 3.05) is 18.8 Å². The molecule has 6 heteroatoms. The third-order valence-corrected chi connectivity index (χ3v) is 4.92. The van der Waals surface area contributed by atoms with E-state index in [0.717, 1.165) is 18.5 Å². The van der Waals surface area contributed by atoms with Crippen molar-refractivity contribution in [3.05, 3.63) is 18.0 Å². The zero-order valence-electron chi connectivity index (χ0n) is 11.6. The predicted octanol–water partition coefficient (Wildman–Crippen LogP) is 1.55. The molecule has 2 amide bonds. The van der Waals surface area contributed by atoms with Gasteiger partial charge in [0.2, 0.25) is 0 Å². The molecule has 0 radical (unpaired) electrons. The molecule has 0 aliphatic carbocycles. The Bertz CT molecular complexity index is 426. The normalized spacial score (nSPS) is 22.4. The molecule has 5 nitrogen and oxygen atoms in total. The Morgan fingerprint density at radius 2 is 2.42 bits per heavy atom. The number of urea groups is 1. The molecule has 2 rings (SSSR count). The zero-order chi connectivity index (χ0) is 13.7. The molecule has 0 aromatic carbocycles. The first kappa shape index (κ1) is 14.2. The van der Waals surface area contributed by atoms with Crippen molar-refractivity contribution >= 4 is 17.8 Å². The second-order valence-corrected chi connectivity index (χ2v) is 6.97. The molecule has 1 aliphatic rings. The lowest BCUT2D eigenvalue weighted by Gasteiger charge is -2.22. The Kier molecular flexibility index (Phi) is 4.74. The van der Waals surface area contributed by atoms with Gasteiger partial charge in [0, 0.05) is 31.1 Å². The number of carbonyl (C=O) groups excluding carboxylic acids is 1. The molecule has 1 aromatic heterocycles. The number of nitrogens with one attached hydrogen (secondary N) is 2. The molecule has 0 spiro atoms. The summed E-state index contributed by atoms with van der Waals surface area (Å²) < 4.78 is 1.99. The predicted molar refractivity (Wildman–Crippen MR) is 78.4 cm³/mol. The number of carbonyl (C=O) groups is 1. The molecule has 1 saturated heterocycles. The van der Waals surface area contributed by atoms with Gasteiger partial charge in [0.15, 0.2) is 0 Å². The number of hydrogen-bond donors (Lipinski definition) is 2. The molecule has 1 fully saturated rings. The van der Waals surface area contributed by atoms with Gasteiger partial charge in [0.05, 0.1) is 6.20 Å². The highest BCUT2D eigenvalue weighted by atomic mass is 32.2. The van der Waals surface area contributed by atoms with Crippen LogP contribution in [0, 0.1) is 0 Å². The van der Waals surface area contributed by atoms with Gasteiger partial charge in [0.25, 0.3) is 0 Å². The van der Waals surface area contributed by atoms with Crippen LogP contribution >= 0.6 is 11.8 Å². The Hall–Kier alpha value is -1.17. The first-order valence-electron chi connectivity index (χ1n) is 6.71. The maximum atomic E-state index is 11.7. The molecule has 1 aromatic rings. The van der Waals surface area contributed by atoms with E-state index in [1.54, 1.807) is 4.68 Å². The Morgan fingerprint density at radius 3 is 3.05 bits per heavy atom. The maximum Gasteiger partial charge on any atom is 0.314 e. The van der Waals surface area contributed by atoms with Gasteiger partial charge in [-0.2, -0.15) is 16.9 Å². The number of aryl methyl sites for hydroxylation is 1. The molecule has 1 aliphatic heterocycles. The van der Waals surface area contributed by atoms with E-state index >= 15 is 0 Å². The van der Waals surface area contributed by atoms with Crippen LogP contribution in [0.2, 0.25) is 0 Å². The van der Waals surface area contributed by atoms with Gasteiger partial charge in [-0.25, -0.2) is 4.79 Å². The van der Waals surface area contributed by atoms with Crippen molar-refractivity contribution in [3.8, 4) is 0 Å². The van der Waals surface area contributed by atoms with Gasteiger partial charge in [-0.3, -0.25) is 4.68 Å².